The van der Waals surface area contributed by atoms with Gasteiger partial charge in [0.25, 0.3) is 10.0 Å². The Morgan fingerprint density at radius 1 is 1.16 bits per heavy atom. The normalized spacial score (nSPS) is 17.6. The Kier molecular flexibility index (Phi) is 6.93. The van der Waals surface area contributed by atoms with Gasteiger partial charge in [-0.1, -0.05) is 41.2 Å². The topological polar surface area (TPSA) is 79.4 Å². The summed E-state index contributed by atoms with van der Waals surface area (Å²) in [5.41, 5.74) is 1.23. The third-order valence-electron chi connectivity index (χ3n) is 4.81. The number of piperidine rings is 1. The number of anilines is 1. The third-order valence-corrected chi connectivity index (χ3v) is 9.74. The van der Waals surface area contributed by atoms with Crippen LogP contribution in [0.2, 0.25) is 14.4 Å². The van der Waals surface area contributed by atoms with Gasteiger partial charge in [-0.2, -0.15) is 4.31 Å². The summed E-state index contributed by atoms with van der Waals surface area (Å²) in [6.45, 7) is 0.275. The van der Waals surface area contributed by atoms with Gasteiger partial charge in [0.05, 0.1) is 15.1 Å². The molecule has 0 aliphatic carbocycles. The fourth-order valence-corrected chi connectivity index (χ4v) is 7.71. The molecule has 0 saturated carbocycles. The summed E-state index contributed by atoms with van der Waals surface area (Å²) in [7, 11) is -3.82. The van der Waals surface area contributed by atoms with Crippen molar-refractivity contribution in [3.8, 4) is 11.3 Å². The molecule has 1 aromatic carbocycles. The molecule has 2 aromatic heterocycles. The molecule has 3 aromatic rings. The Morgan fingerprint density at radius 3 is 2.71 bits per heavy atom. The summed E-state index contributed by atoms with van der Waals surface area (Å²) < 4.78 is 27.9. The van der Waals surface area contributed by atoms with Crippen LogP contribution in [0, 0.1) is 0 Å². The number of amides is 1. The number of carbonyl (C=O) groups is 1. The summed E-state index contributed by atoms with van der Waals surface area (Å²) in [6, 6.07) is 7.25. The molecule has 1 N–H and O–H groups in total. The van der Waals surface area contributed by atoms with Crippen molar-refractivity contribution in [2.24, 2.45) is 0 Å². The first-order valence-corrected chi connectivity index (χ1v) is 13.5. The molecule has 1 aliphatic rings. The van der Waals surface area contributed by atoms with Crippen LogP contribution in [-0.2, 0) is 14.8 Å². The maximum Gasteiger partial charge on any atom is 0.253 e. The highest BCUT2D eigenvalue weighted by molar-refractivity contribution is 7.91. The highest BCUT2D eigenvalue weighted by atomic mass is 35.5. The maximum atomic E-state index is 13.1. The largest absolute Gasteiger partial charge is 0.301 e. The Morgan fingerprint density at radius 2 is 1.97 bits per heavy atom. The van der Waals surface area contributed by atoms with E-state index in [1.807, 2.05) is 0 Å². The van der Waals surface area contributed by atoms with Gasteiger partial charge in [0.1, 0.15) is 10.3 Å². The first kappa shape index (κ1) is 23.0. The second-order valence-corrected chi connectivity index (χ2v) is 12.4. The van der Waals surface area contributed by atoms with Gasteiger partial charge in [-0.15, -0.1) is 22.7 Å². The number of hydrogen-bond acceptors (Lipinski definition) is 6. The van der Waals surface area contributed by atoms with Gasteiger partial charge < -0.3 is 5.32 Å². The summed E-state index contributed by atoms with van der Waals surface area (Å²) in [6.07, 6.45) is 1.88. The highest BCUT2D eigenvalue weighted by Gasteiger charge is 2.38. The van der Waals surface area contributed by atoms with Crippen LogP contribution in [0.1, 0.15) is 19.3 Å². The van der Waals surface area contributed by atoms with Crippen molar-refractivity contribution >= 4 is 78.5 Å². The van der Waals surface area contributed by atoms with Gasteiger partial charge >= 0.3 is 0 Å². The summed E-state index contributed by atoms with van der Waals surface area (Å²) in [4.78, 5) is 17.4. The van der Waals surface area contributed by atoms with Crippen LogP contribution < -0.4 is 5.32 Å². The van der Waals surface area contributed by atoms with E-state index in [0.29, 0.717) is 43.6 Å². The lowest BCUT2D eigenvalue weighted by Crippen LogP contribution is -2.49. The van der Waals surface area contributed by atoms with E-state index >= 15 is 0 Å². The van der Waals surface area contributed by atoms with Crippen LogP contribution in [0.15, 0.2) is 39.9 Å². The zero-order chi connectivity index (χ0) is 22.2. The summed E-state index contributed by atoms with van der Waals surface area (Å²) in [5.74, 6) is -0.413. The standard InChI is InChI=1S/C19H16Cl3N3O3S3/c20-11-4-5-13(21)12(9-11)14-10-29-19(23-14)24-18(26)15-3-1-2-8-25(15)31(27,28)17-7-6-16(22)30-17/h4-7,9-10,15H,1-3,8H2,(H,23,24,26). The number of rotatable bonds is 5. The van der Waals surface area contributed by atoms with Crippen molar-refractivity contribution in [1.82, 2.24) is 9.29 Å². The molecule has 1 unspecified atom stereocenters. The number of thiazole rings is 1. The third kappa shape index (κ3) is 4.93. The van der Waals surface area contributed by atoms with E-state index in [0.717, 1.165) is 17.8 Å². The van der Waals surface area contributed by atoms with Gasteiger partial charge in [0.2, 0.25) is 5.91 Å². The predicted octanol–water partition coefficient (Wildman–Crippen LogP) is 6.01. The molecule has 3 heterocycles. The zero-order valence-electron chi connectivity index (χ0n) is 15.8. The lowest BCUT2D eigenvalue weighted by molar-refractivity contribution is -0.120. The Bertz CT molecular complexity index is 1230. The van der Waals surface area contributed by atoms with Crippen LogP contribution in [-0.4, -0.2) is 36.2 Å². The minimum Gasteiger partial charge on any atom is -0.301 e. The smallest absolute Gasteiger partial charge is 0.253 e. The van der Waals surface area contributed by atoms with Crippen molar-refractivity contribution in [2.75, 3.05) is 11.9 Å². The molecule has 1 fully saturated rings. The molecule has 0 bridgehead atoms. The molecule has 1 atom stereocenters. The van der Waals surface area contributed by atoms with E-state index in [2.05, 4.69) is 10.3 Å². The van der Waals surface area contributed by atoms with Crippen molar-refractivity contribution < 1.29 is 13.2 Å². The van der Waals surface area contributed by atoms with E-state index in [1.54, 1.807) is 23.6 Å². The number of sulfonamides is 1. The first-order valence-electron chi connectivity index (χ1n) is 9.25. The minimum atomic E-state index is -3.82. The molecular formula is C19H16Cl3N3O3S3. The molecule has 12 heteroatoms. The Balaban J connectivity index is 1.55. The number of carbonyl (C=O) groups excluding carboxylic acids is 1. The fourth-order valence-electron chi connectivity index (χ4n) is 3.34. The molecule has 1 aliphatic heterocycles. The molecule has 164 valence electrons. The number of hydrogen-bond donors (Lipinski definition) is 1. The van der Waals surface area contributed by atoms with Crippen LogP contribution in [0.25, 0.3) is 11.3 Å². The van der Waals surface area contributed by atoms with Crippen LogP contribution >= 0.6 is 57.5 Å². The van der Waals surface area contributed by atoms with E-state index < -0.39 is 22.0 Å². The Labute approximate surface area is 202 Å². The maximum absolute atomic E-state index is 13.1. The molecule has 31 heavy (non-hydrogen) atoms. The van der Waals surface area contributed by atoms with Crippen LogP contribution in [0.5, 0.6) is 0 Å². The van der Waals surface area contributed by atoms with E-state index in [-0.39, 0.29) is 10.8 Å². The number of nitrogens with zero attached hydrogens (tertiary/aromatic N) is 2. The van der Waals surface area contributed by atoms with Gasteiger partial charge in [-0.25, -0.2) is 13.4 Å². The van der Waals surface area contributed by atoms with Gasteiger partial charge in [-0.05, 0) is 43.2 Å². The Hall–Kier alpha value is -1.20. The second-order valence-electron chi connectivity index (χ2n) is 6.84. The monoisotopic (exact) mass is 535 g/mol. The van der Waals surface area contributed by atoms with Crippen LogP contribution in [0.4, 0.5) is 5.13 Å². The van der Waals surface area contributed by atoms with Crippen molar-refractivity contribution in [3.05, 3.63) is 50.1 Å². The molecule has 1 amide bonds. The van der Waals surface area contributed by atoms with E-state index in [9.17, 15) is 13.2 Å². The van der Waals surface area contributed by atoms with Crippen molar-refractivity contribution in [2.45, 2.75) is 29.5 Å². The predicted molar refractivity (Wildman–Crippen MR) is 127 cm³/mol. The van der Waals surface area contributed by atoms with Crippen LogP contribution in [0.3, 0.4) is 0 Å². The van der Waals surface area contributed by atoms with Crippen molar-refractivity contribution in [1.29, 1.82) is 0 Å². The number of benzene rings is 1. The molecular weight excluding hydrogens is 521 g/mol. The molecule has 4 rings (SSSR count). The first-order chi connectivity index (χ1) is 14.8. The highest BCUT2D eigenvalue weighted by Crippen LogP contribution is 2.34. The van der Waals surface area contributed by atoms with Crippen molar-refractivity contribution in [3.63, 3.8) is 0 Å². The van der Waals surface area contributed by atoms with Gasteiger partial charge in [-0.3, -0.25) is 4.79 Å². The molecule has 1 saturated heterocycles. The van der Waals surface area contributed by atoms with Gasteiger partial charge in [0, 0.05) is 22.5 Å². The lowest BCUT2D eigenvalue weighted by atomic mass is 10.0. The quantitative estimate of drug-likeness (QED) is 0.433. The molecule has 6 nitrogen and oxygen atoms in total. The van der Waals surface area contributed by atoms with E-state index in [4.69, 9.17) is 34.8 Å². The second kappa shape index (κ2) is 9.35. The summed E-state index contributed by atoms with van der Waals surface area (Å²) >= 11 is 20.4. The van der Waals surface area contributed by atoms with E-state index in [1.165, 1.54) is 27.8 Å². The fraction of sp³-hybridized carbons (Fsp3) is 0.263. The van der Waals surface area contributed by atoms with Gasteiger partial charge in [0.15, 0.2) is 5.13 Å². The zero-order valence-corrected chi connectivity index (χ0v) is 20.6. The molecule has 0 spiro atoms. The average molecular weight is 537 g/mol. The minimum absolute atomic E-state index is 0.129. The molecule has 0 radical (unpaired) electrons. The number of halogens is 3. The summed E-state index contributed by atoms with van der Waals surface area (Å²) in [5, 5.41) is 5.89. The lowest BCUT2D eigenvalue weighted by Gasteiger charge is -2.32. The number of nitrogens with one attached hydrogen (secondary N) is 1. The average Bonchev–Trinajstić information content (AvgIpc) is 3.39. The number of aromatic nitrogens is 1. The number of thiophene rings is 1. The SMILES string of the molecule is O=C(Nc1nc(-c2cc(Cl)ccc2Cl)cs1)C1CCCCN1S(=O)(=O)c1ccc(Cl)s1.